The van der Waals surface area contributed by atoms with E-state index in [9.17, 15) is 5.26 Å². The van der Waals surface area contributed by atoms with Crippen molar-refractivity contribution in [1.29, 1.82) is 5.26 Å². The van der Waals surface area contributed by atoms with Gasteiger partial charge in [-0.25, -0.2) is 9.97 Å². The highest BCUT2D eigenvalue weighted by atomic mass is 16.5. The lowest BCUT2D eigenvalue weighted by atomic mass is 10.1. The SMILES string of the molecule is CC(C)Oc1ccc(-c2ncc(-c3ccccn3)cn2)cc1C#N. The zero-order chi connectivity index (χ0) is 16.9. The highest BCUT2D eigenvalue weighted by Crippen LogP contribution is 2.25. The van der Waals surface area contributed by atoms with E-state index in [0.717, 1.165) is 16.8 Å². The van der Waals surface area contributed by atoms with Crippen molar-refractivity contribution in [2.75, 3.05) is 0 Å². The normalized spacial score (nSPS) is 10.4. The second-order valence-corrected chi connectivity index (χ2v) is 5.50. The summed E-state index contributed by atoms with van der Waals surface area (Å²) in [4.78, 5) is 13.1. The molecule has 5 heteroatoms. The van der Waals surface area contributed by atoms with E-state index in [4.69, 9.17) is 4.74 Å². The molecule has 0 bridgehead atoms. The molecule has 0 radical (unpaired) electrons. The number of hydrogen-bond acceptors (Lipinski definition) is 5. The van der Waals surface area contributed by atoms with Crippen LogP contribution in [0, 0.1) is 11.3 Å². The van der Waals surface area contributed by atoms with Gasteiger partial charge in [-0.2, -0.15) is 5.26 Å². The fourth-order valence-corrected chi connectivity index (χ4v) is 2.26. The lowest BCUT2D eigenvalue weighted by molar-refractivity contribution is 0.242. The van der Waals surface area contributed by atoms with Crippen LogP contribution in [-0.4, -0.2) is 21.1 Å². The molecule has 0 aliphatic heterocycles. The van der Waals surface area contributed by atoms with E-state index in [0.29, 0.717) is 17.1 Å². The fourth-order valence-electron chi connectivity index (χ4n) is 2.26. The van der Waals surface area contributed by atoms with Gasteiger partial charge in [-0.15, -0.1) is 0 Å². The Morgan fingerprint density at radius 3 is 2.42 bits per heavy atom. The van der Waals surface area contributed by atoms with Crippen molar-refractivity contribution >= 4 is 0 Å². The molecule has 2 heterocycles. The average molecular weight is 316 g/mol. The van der Waals surface area contributed by atoms with Gasteiger partial charge in [0.05, 0.1) is 17.4 Å². The average Bonchev–Trinajstić information content (AvgIpc) is 2.62. The van der Waals surface area contributed by atoms with Crippen LogP contribution < -0.4 is 4.74 Å². The highest BCUT2D eigenvalue weighted by molar-refractivity contribution is 5.63. The molecule has 0 fully saturated rings. The van der Waals surface area contributed by atoms with Crippen LogP contribution in [0.4, 0.5) is 0 Å². The molecule has 0 aliphatic rings. The van der Waals surface area contributed by atoms with Gasteiger partial charge in [0.15, 0.2) is 5.82 Å². The number of pyridine rings is 1. The van der Waals surface area contributed by atoms with E-state index in [2.05, 4.69) is 21.0 Å². The summed E-state index contributed by atoms with van der Waals surface area (Å²) in [6, 6.07) is 13.2. The van der Waals surface area contributed by atoms with Gasteiger partial charge in [0, 0.05) is 29.7 Å². The van der Waals surface area contributed by atoms with Crippen LogP contribution in [0.1, 0.15) is 19.4 Å². The Balaban J connectivity index is 1.91. The molecule has 0 N–H and O–H groups in total. The number of aromatic nitrogens is 3. The summed E-state index contributed by atoms with van der Waals surface area (Å²) in [5, 5.41) is 9.32. The van der Waals surface area contributed by atoms with Crippen LogP contribution in [-0.2, 0) is 0 Å². The number of rotatable bonds is 4. The summed E-state index contributed by atoms with van der Waals surface area (Å²) in [6.07, 6.45) is 5.21. The number of hydrogen-bond donors (Lipinski definition) is 0. The molecule has 0 aliphatic carbocycles. The predicted molar refractivity (Wildman–Crippen MR) is 91.2 cm³/mol. The quantitative estimate of drug-likeness (QED) is 0.730. The van der Waals surface area contributed by atoms with Crippen molar-refractivity contribution in [3.63, 3.8) is 0 Å². The van der Waals surface area contributed by atoms with Gasteiger partial charge in [0.1, 0.15) is 11.8 Å². The van der Waals surface area contributed by atoms with Crippen molar-refractivity contribution < 1.29 is 4.74 Å². The molecule has 0 saturated carbocycles. The second-order valence-electron chi connectivity index (χ2n) is 5.50. The first kappa shape index (κ1) is 15.6. The molecule has 3 aromatic rings. The molecule has 0 saturated heterocycles. The first-order chi connectivity index (χ1) is 11.7. The summed E-state index contributed by atoms with van der Waals surface area (Å²) >= 11 is 0. The third kappa shape index (κ3) is 3.39. The largest absolute Gasteiger partial charge is 0.490 e. The van der Waals surface area contributed by atoms with Crippen LogP contribution in [0.2, 0.25) is 0 Å². The minimum atomic E-state index is 0.0110. The Kier molecular flexibility index (Phi) is 4.48. The molecule has 3 rings (SSSR count). The van der Waals surface area contributed by atoms with E-state index in [1.54, 1.807) is 30.7 Å². The van der Waals surface area contributed by atoms with Crippen LogP contribution in [0.15, 0.2) is 55.0 Å². The van der Waals surface area contributed by atoms with Crippen molar-refractivity contribution in [3.05, 3.63) is 60.6 Å². The summed E-state index contributed by atoms with van der Waals surface area (Å²) < 4.78 is 5.63. The zero-order valence-corrected chi connectivity index (χ0v) is 13.5. The zero-order valence-electron chi connectivity index (χ0n) is 13.5. The molecule has 1 aromatic carbocycles. The molecule has 0 atom stereocenters. The van der Waals surface area contributed by atoms with Crippen LogP contribution in [0.3, 0.4) is 0 Å². The van der Waals surface area contributed by atoms with E-state index in [1.165, 1.54) is 0 Å². The van der Waals surface area contributed by atoms with Crippen molar-refractivity contribution in [2.24, 2.45) is 0 Å². The topological polar surface area (TPSA) is 71.7 Å². The Morgan fingerprint density at radius 2 is 1.79 bits per heavy atom. The third-order valence-electron chi connectivity index (χ3n) is 3.33. The van der Waals surface area contributed by atoms with Crippen LogP contribution in [0.5, 0.6) is 5.75 Å². The molecule has 0 unspecified atom stereocenters. The lowest BCUT2D eigenvalue weighted by Gasteiger charge is -2.11. The van der Waals surface area contributed by atoms with Crippen molar-refractivity contribution in [2.45, 2.75) is 20.0 Å². The predicted octanol–water partition coefficient (Wildman–Crippen LogP) is 3.86. The van der Waals surface area contributed by atoms with Crippen molar-refractivity contribution in [1.82, 2.24) is 15.0 Å². The molecule has 2 aromatic heterocycles. The maximum atomic E-state index is 9.32. The van der Waals surface area contributed by atoms with Gasteiger partial charge in [0.2, 0.25) is 0 Å². The Morgan fingerprint density at radius 1 is 1.00 bits per heavy atom. The summed E-state index contributed by atoms with van der Waals surface area (Å²) in [7, 11) is 0. The van der Waals surface area contributed by atoms with E-state index < -0.39 is 0 Å². The van der Waals surface area contributed by atoms with Gasteiger partial charge >= 0.3 is 0 Å². The van der Waals surface area contributed by atoms with Gasteiger partial charge in [-0.05, 0) is 44.2 Å². The number of benzene rings is 1. The fraction of sp³-hybridized carbons (Fsp3) is 0.158. The number of nitriles is 1. The third-order valence-corrected chi connectivity index (χ3v) is 3.33. The number of nitrogens with zero attached hydrogens (tertiary/aromatic N) is 4. The molecular weight excluding hydrogens is 300 g/mol. The molecule has 118 valence electrons. The Labute approximate surface area is 140 Å². The summed E-state index contributed by atoms with van der Waals surface area (Å²) in [5.41, 5.74) is 2.91. The first-order valence-electron chi connectivity index (χ1n) is 7.62. The summed E-state index contributed by atoms with van der Waals surface area (Å²) in [5.74, 6) is 1.13. The monoisotopic (exact) mass is 316 g/mol. The molecule has 0 amide bonds. The smallest absolute Gasteiger partial charge is 0.159 e. The van der Waals surface area contributed by atoms with E-state index in [1.807, 2.05) is 38.1 Å². The molecule has 0 spiro atoms. The Bertz CT molecular complexity index is 868. The van der Waals surface area contributed by atoms with Crippen molar-refractivity contribution in [3.8, 4) is 34.5 Å². The molecular formula is C19H16N4O. The first-order valence-corrected chi connectivity index (χ1v) is 7.62. The standard InChI is InChI=1S/C19H16N4O/c1-13(2)24-18-7-6-14(9-15(18)10-20)19-22-11-16(12-23-19)17-5-3-4-8-21-17/h3-9,11-13H,1-2H3. The maximum absolute atomic E-state index is 9.32. The van der Waals surface area contributed by atoms with Gasteiger partial charge < -0.3 is 4.74 Å². The number of ether oxygens (including phenoxy) is 1. The molecule has 5 nitrogen and oxygen atoms in total. The minimum Gasteiger partial charge on any atom is -0.490 e. The maximum Gasteiger partial charge on any atom is 0.159 e. The minimum absolute atomic E-state index is 0.0110. The Hall–Kier alpha value is -3.26. The summed E-state index contributed by atoms with van der Waals surface area (Å²) in [6.45, 7) is 3.85. The van der Waals surface area contributed by atoms with Gasteiger partial charge in [0.25, 0.3) is 0 Å². The highest BCUT2D eigenvalue weighted by Gasteiger charge is 2.10. The second kappa shape index (κ2) is 6.88. The van der Waals surface area contributed by atoms with Gasteiger partial charge in [-0.1, -0.05) is 6.07 Å². The van der Waals surface area contributed by atoms with Gasteiger partial charge in [-0.3, -0.25) is 4.98 Å². The van der Waals surface area contributed by atoms with Crippen LogP contribution in [0.25, 0.3) is 22.6 Å². The molecule has 24 heavy (non-hydrogen) atoms. The lowest BCUT2D eigenvalue weighted by Crippen LogP contribution is -2.06. The van der Waals surface area contributed by atoms with Crippen LogP contribution >= 0.6 is 0 Å². The van der Waals surface area contributed by atoms with E-state index >= 15 is 0 Å². The van der Waals surface area contributed by atoms with E-state index in [-0.39, 0.29) is 6.10 Å².